The van der Waals surface area contributed by atoms with Gasteiger partial charge in [0.1, 0.15) is 17.2 Å². The van der Waals surface area contributed by atoms with E-state index in [2.05, 4.69) is 0 Å². The predicted molar refractivity (Wildman–Crippen MR) is 167 cm³/mol. The van der Waals surface area contributed by atoms with Gasteiger partial charge in [0, 0.05) is 11.1 Å². The maximum atomic E-state index is 14.4. The van der Waals surface area contributed by atoms with Crippen LogP contribution in [0.2, 0.25) is 0 Å². The van der Waals surface area contributed by atoms with Crippen molar-refractivity contribution in [1.29, 1.82) is 0 Å². The maximum absolute atomic E-state index is 14.4. The van der Waals surface area contributed by atoms with Crippen molar-refractivity contribution in [3.05, 3.63) is 143 Å². The van der Waals surface area contributed by atoms with E-state index in [0.717, 1.165) is 11.1 Å². The number of amides is 1. The molecular formula is C36H27NO6. The van der Waals surface area contributed by atoms with Crippen molar-refractivity contribution in [2.45, 2.75) is 6.54 Å². The van der Waals surface area contributed by atoms with Crippen LogP contribution in [0.1, 0.15) is 33.4 Å². The Kier molecular flexibility index (Phi) is 7.06. The Hall–Kier alpha value is -5.95. The lowest BCUT2D eigenvalue weighted by Gasteiger charge is -2.18. The first-order valence-electron chi connectivity index (χ1n) is 13.5. The van der Waals surface area contributed by atoms with Crippen molar-refractivity contribution in [3.8, 4) is 28.7 Å². The minimum atomic E-state index is -0.219. The van der Waals surface area contributed by atoms with Crippen LogP contribution in [0.15, 0.2) is 109 Å². The molecule has 0 saturated carbocycles. The molecule has 0 radical (unpaired) electrons. The van der Waals surface area contributed by atoms with Crippen LogP contribution in [0.3, 0.4) is 0 Å². The van der Waals surface area contributed by atoms with Gasteiger partial charge in [0.2, 0.25) is 0 Å². The third kappa shape index (κ3) is 5.52. The zero-order chi connectivity index (χ0) is 30.1. The number of nitrogens with zero attached hydrogens (tertiary/aromatic N) is 1. The molecule has 5 N–H and O–H groups in total. The van der Waals surface area contributed by atoms with Crippen LogP contribution in [0.25, 0.3) is 23.3 Å². The summed E-state index contributed by atoms with van der Waals surface area (Å²) in [7, 11) is 0. The number of benzene rings is 5. The van der Waals surface area contributed by atoms with Crippen LogP contribution >= 0.6 is 0 Å². The molecule has 1 aliphatic rings. The number of carbonyl (C=O) groups is 1. The van der Waals surface area contributed by atoms with Gasteiger partial charge in [-0.3, -0.25) is 4.79 Å². The summed E-state index contributed by atoms with van der Waals surface area (Å²) < 4.78 is 0. The third-order valence-electron chi connectivity index (χ3n) is 7.35. The normalized spacial score (nSPS) is 12.6. The Bertz CT molecular complexity index is 1840. The van der Waals surface area contributed by atoms with Crippen molar-refractivity contribution in [1.82, 2.24) is 0 Å². The summed E-state index contributed by atoms with van der Waals surface area (Å²) in [4.78, 5) is 16.1. The van der Waals surface area contributed by atoms with Gasteiger partial charge in [-0.15, -0.1) is 0 Å². The molecule has 0 bridgehead atoms. The van der Waals surface area contributed by atoms with Gasteiger partial charge in [-0.25, -0.2) is 0 Å². The molecule has 0 unspecified atom stereocenters. The minimum Gasteiger partial charge on any atom is -0.508 e. The third-order valence-corrected chi connectivity index (χ3v) is 7.35. The first kappa shape index (κ1) is 27.2. The Morgan fingerprint density at radius 2 is 1.09 bits per heavy atom. The molecule has 1 heterocycles. The lowest BCUT2D eigenvalue weighted by atomic mass is 9.89. The smallest absolute Gasteiger partial charge is 0.259 e. The summed E-state index contributed by atoms with van der Waals surface area (Å²) >= 11 is 0. The van der Waals surface area contributed by atoms with E-state index in [0.29, 0.717) is 39.1 Å². The number of phenolic OH excluding ortho intramolecular Hbond substituents is 5. The van der Waals surface area contributed by atoms with Crippen molar-refractivity contribution in [2.24, 2.45) is 0 Å². The first-order chi connectivity index (χ1) is 20.8. The molecule has 212 valence electrons. The van der Waals surface area contributed by atoms with Gasteiger partial charge >= 0.3 is 0 Å². The van der Waals surface area contributed by atoms with E-state index >= 15 is 0 Å². The van der Waals surface area contributed by atoms with Gasteiger partial charge in [-0.1, -0.05) is 60.7 Å². The lowest BCUT2D eigenvalue weighted by molar-refractivity contribution is -0.113. The number of hydrogen-bond donors (Lipinski definition) is 5. The van der Waals surface area contributed by atoms with E-state index in [9.17, 15) is 30.3 Å². The van der Waals surface area contributed by atoms with E-state index < -0.39 is 0 Å². The van der Waals surface area contributed by atoms with Crippen molar-refractivity contribution >= 4 is 34.9 Å². The number of phenols is 5. The fourth-order valence-electron chi connectivity index (χ4n) is 5.18. The largest absolute Gasteiger partial charge is 0.508 e. The summed E-state index contributed by atoms with van der Waals surface area (Å²) in [5, 5.41) is 49.3. The van der Waals surface area contributed by atoms with Crippen LogP contribution in [-0.4, -0.2) is 31.4 Å². The second-order valence-electron chi connectivity index (χ2n) is 10.3. The molecule has 0 saturated heterocycles. The summed E-state index contributed by atoms with van der Waals surface area (Å²) in [6.45, 7) is 0.274. The highest BCUT2D eigenvalue weighted by Crippen LogP contribution is 2.45. The van der Waals surface area contributed by atoms with E-state index in [1.807, 2.05) is 24.3 Å². The number of aromatic hydroxyl groups is 5. The minimum absolute atomic E-state index is 0.0959. The average molecular weight is 570 g/mol. The van der Waals surface area contributed by atoms with Gasteiger partial charge in [-0.2, -0.15) is 0 Å². The zero-order valence-corrected chi connectivity index (χ0v) is 22.8. The molecule has 0 spiro atoms. The van der Waals surface area contributed by atoms with Crippen LogP contribution in [0.5, 0.6) is 28.7 Å². The zero-order valence-electron chi connectivity index (χ0n) is 22.8. The fraction of sp³-hybridized carbons (Fsp3) is 0.0278. The molecule has 5 aromatic rings. The molecule has 0 aromatic heterocycles. The Morgan fingerprint density at radius 1 is 0.581 bits per heavy atom. The number of anilines is 1. The summed E-state index contributed by atoms with van der Waals surface area (Å²) in [6, 6.07) is 30.3. The molecule has 7 heteroatoms. The van der Waals surface area contributed by atoms with Gasteiger partial charge in [-0.05, 0) is 88.5 Å². The number of rotatable bonds is 6. The molecule has 0 atom stereocenters. The fourth-order valence-corrected chi connectivity index (χ4v) is 5.18. The Labute approximate surface area is 247 Å². The van der Waals surface area contributed by atoms with Gasteiger partial charge < -0.3 is 30.4 Å². The Balaban J connectivity index is 1.54. The second-order valence-corrected chi connectivity index (χ2v) is 10.3. The molecule has 1 amide bonds. The van der Waals surface area contributed by atoms with Gasteiger partial charge in [0.25, 0.3) is 5.91 Å². The van der Waals surface area contributed by atoms with Gasteiger partial charge in [0.05, 0.1) is 17.8 Å². The monoisotopic (exact) mass is 569 g/mol. The molecular weight excluding hydrogens is 542 g/mol. The summed E-state index contributed by atoms with van der Waals surface area (Å²) in [5.41, 5.74) is 6.27. The van der Waals surface area contributed by atoms with E-state index in [1.54, 1.807) is 89.8 Å². The number of carbonyl (C=O) groups excluding carboxylic acids is 1. The molecule has 7 nitrogen and oxygen atoms in total. The van der Waals surface area contributed by atoms with E-state index in [-0.39, 0.29) is 41.2 Å². The highest BCUT2D eigenvalue weighted by molar-refractivity contribution is 6.39. The predicted octanol–water partition coefficient (Wildman–Crippen LogP) is 6.89. The molecule has 6 rings (SSSR count). The van der Waals surface area contributed by atoms with E-state index in [4.69, 9.17) is 0 Å². The molecule has 0 fully saturated rings. The maximum Gasteiger partial charge on any atom is 0.259 e. The standard InChI is InChI=1S/C36H27NO6/c38-27-11-3-24(4-12-27)21-37-31-17-5-22(1-2-23-6-18-32(41)33(42)20-23)19-30(31)35(36(37)43)34(25-7-13-28(39)14-8-25)26-9-15-29(40)16-10-26/h1-20,38-42H,21H2/b2-1+. The quantitative estimate of drug-likeness (QED) is 0.0863. The number of fused-ring (bicyclic) bond motifs is 1. The van der Waals surface area contributed by atoms with Crippen LogP contribution < -0.4 is 4.90 Å². The van der Waals surface area contributed by atoms with Crippen molar-refractivity contribution < 1.29 is 30.3 Å². The Morgan fingerprint density at radius 3 is 1.65 bits per heavy atom. The molecule has 0 aliphatic carbocycles. The highest BCUT2D eigenvalue weighted by Gasteiger charge is 2.35. The first-order valence-corrected chi connectivity index (χ1v) is 13.5. The number of hydrogen-bond acceptors (Lipinski definition) is 6. The van der Waals surface area contributed by atoms with Crippen molar-refractivity contribution in [2.75, 3.05) is 4.90 Å². The highest BCUT2D eigenvalue weighted by atomic mass is 16.3. The topological polar surface area (TPSA) is 121 Å². The summed E-state index contributed by atoms with van der Waals surface area (Å²) in [5.74, 6) is -0.310. The average Bonchev–Trinajstić information content (AvgIpc) is 3.27. The summed E-state index contributed by atoms with van der Waals surface area (Å²) in [6.07, 6.45) is 3.66. The molecule has 1 aliphatic heterocycles. The van der Waals surface area contributed by atoms with Gasteiger partial charge in [0.15, 0.2) is 11.5 Å². The molecule has 43 heavy (non-hydrogen) atoms. The molecule has 5 aromatic carbocycles. The van der Waals surface area contributed by atoms with E-state index in [1.165, 1.54) is 12.1 Å². The SMILES string of the molecule is O=C1C(=C(c2ccc(O)cc2)c2ccc(O)cc2)c2cc(/C=C/c3ccc(O)c(O)c3)ccc2N1Cc1ccc(O)cc1. The van der Waals surface area contributed by atoms with Crippen LogP contribution in [0, 0.1) is 0 Å². The van der Waals surface area contributed by atoms with Crippen LogP contribution in [0.4, 0.5) is 5.69 Å². The van der Waals surface area contributed by atoms with Crippen LogP contribution in [-0.2, 0) is 11.3 Å². The lowest BCUT2D eigenvalue weighted by Crippen LogP contribution is -2.26. The van der Waals surface area contributed by atoms with Crippen molar-refractivity contribution in [3.63, 3.8) is 0 Å². The second kappa shape index (κ2) is 11.1.